The van der Waals surface area contributed by atoms with Gasteiger partial charge in [-0.2, -0.15) is 0 Å². The number of halogens is 1. The van der Waals surface area contributed by atoms with Gasteiger partial charge in [-0.3, -0.25) is 9.89 Å². The van der Waals surface area contributed by atoms with Crippen molar-refractivity contribution in [1.29, 1.82) is 0 Å². The zero-order valence-electron chi connectivity index (χ0n) is 15.4. The fourth-order valence-electron chi connectivity index (χ4n) is 3.76. The van der Waals surface area contributed by atoms with E-state index in [0.29, 0.717) is 6.04 Å². The molecule has 2 heterocycles. The highest BCUT2D eigenvalue weighted by Gasteiger charge is 2.30. The Hall–Kier alpha value is -0.860. The van der Waals surface area contributed by atoms with Crippen LogP contribution in [0.15, 0.2) is 29.3 Å². The number of benzene rings is 1. The van der Waals surface area contributed by atoms with Crippen LogP contribution in [0.5, 0.6) is 0 Å². The van der Waals surface area contributed by atoms with E-state index in [9.17, 15) is 0 Å². The van der Waals surface area contributed by atoms with Crippen LogP contribution in [0, 0.1) is 0 Å². The third-order valence-electron chi connectivity index (χ3n) is 5.17. The number of aryl methyl sites for hydroxylation is 1. The first-order valence-electron chi connectivity index (χ1n) is 9.16. The Labute approximate surface area is 168 Å². The van der Waals surface area contributed by atoms with Gasteiger partial charge in [0, 0.05) is 45.8 Å². The fraction of sp³-hybridized carbons (Fsp3) is 0.632. The lowest BCUT2D eigenvalue weighted by Gasteiger charge is -2.32. The van der Waals surface area contributed by atoms with Gasteiger partial charge in [0.1, 0.15) is 0 Å². The molecule has 0 aliphatic carbocycles. The predicted octanol–water partition coefficient (Wildman–Crippen LogP) is 2.35. The van der Waals surface area contributed by atoms with Crippen molar-refractivity contribution >= 4 is 29.9 Å². The SMILES string of the molecule is CCc1ccccc1CNC(=NC)N1CCC(N2CCOCC2)C1.I. The van der Waals surface area contributed by atoms with Crippen LogP contribution in [0.2, 0.25) is 0 Å². The van der Waals surface area contributed by atoms with Crippen molar-refractivity contribution < 1.29 is 4.74 Å². The van der Waals surface area contributed by atoms with Crippen molar-refractivity contribution in [3.8, 4) is 0 Å². The van der Waals surface area contributed by atoms with Gasteiger partial charge in [-0.25, -0.2) is 0 Å². The summed E-state index contributed by atoms with van der Waals surface area (Å²) in [6.07, 6.45) is 2.28. The van der Waals surface area contributed by atoms with Crippen molar-refractivity contribution in [2.75, 3.05) is 46.4 Å². The smallest absolute Gasteiger partial charge is 0.193 e. The minimum atomic E-state index is 0. The predicted molar refractivity (Wildman–Crippen MR) is 114 cm³/mol. The number of nitrogens with one attached hydrogen (secondary N) is 1. The lowest BCUT2D eigenvalue weighted by Crippen LogP contribution is -2.46. The van der Waals surface area contributed by atoms with Crippen molar-refractivity contribution in [1.82, 2.24) is 15.1 Å². The van der Waals surface area contributed by atoms with E-state index in [-0.39, 0.29) is 24.0 Å². The number of aliphatic imine (C=N–C) groups is 1. The van der Waals surface area contributed by atoms with Gasteiger partial charge in [0.2, 0.25) is 0 Å². The van der Waals surface area contributed by atoms with E-state index in [1.54, 1.807) is 0 Å². The first-order valence-corrected chi connectivity index (χ1v) is 9.16. The Kier molecular flexibility index (Phi) is 8.45. The van der Waals surface area contributed by atoms with Crippen molar-refractivity contribution in [2.45, 2.75) is 32.4 Å². The monoisotopic (exact) mass is 458 g/mol. The number of likely N-dealkylation sites (tertiary alicyclic amines) is 1. The number of guanidine groups is 1. The first kappa shape index (κ1) is 20.5. The standard InChI is InChI=1S/C19H30N4O.HI/c1-3-16-6-4-5-7-17(16)14-21-19(20-2)23-9-8-18(15-23)22-10-12-24-13-11-22;/h4-7,18H,3,8-15H2,1-2H3,(H,20,21);1H. The van der Waals surface area contributed by atoms with E-state index >= 15 is 0 Å². The molecule has 5 nitrogen and oxygen atoms in total. The highest BCUT2D eigenvalue weighted by molar-refractivity contribution is 14.0. The van der Waals surface area contributed by atoms with Gasteiger partial charge < -0.3 is 15.0 Å². The second-order valence-electron chi connectivity index (χ2n) is 6.56. The third kappa shape index (κ3) is 5.31. The van der Waals surface area contributed by atoms with E-state index in [2.05, 4.69) is 51.3 Å². The molecule has 25 heavy (non-hydrogen) atoms. The Bertz CT molecular complexity index is 560. The highest BCUT2D eigenvalue weighted by Crippen LogP contribution is 2.17. The molecule has 6 heteroatoms. The number of hydrogen-bond acceptors (Lipinski definition) is 3. The number of nitrogens with zero attached hydrogens (tertiary/aromatic N) is 3. The highest BCUT2D eigenvalue weighted by atomic mass is 127. The summed E-state index contributed by atoms with van der Waals surface area (Å²) in [6.45, 7) is 9.07. The molecular weight excluding hydrogens is 427 g/mol. The van der Waals surface area contributed by atoms with Gasteiger partial charge in [-0.15, -0.1) is 24.0 Å². The minimum absolute atomic E-state index is 0. The van der Waals surface area contributed by atoms with Crippen LogP contribution in [0.1, 0.15) is 24.5 Å². The zero-order valence-corrected chi connectivity index (χ0v) is 17.7. The van der Waals surface area contributed by atoms with Crippen LogP contribution >= 0.6 is 24.0 Å². The topological polar surface area (TPSA) is 40.1 Å². The molecule has 0 saturated carbocycles. The van der Waals surface area contributed by atoms with Crippen molar-refractivity contribution in [3.63, 3.8) is 0 Å². The molecule has 1 atom stereocenters. The lowest BCUT2D eigenvalue weighted by atomic mass is 10.1. The minimum Gasteiger partial charge on any atom is -0.379 e. The summed E-state index contributed by atoms with van der Waals surface area (Å²) >= 11 is 0. The number of morpholine rings is 1. The summed E-state index contributed by atoms with van der Waals surface area (Å²) < 4.78 is 5.47. The van der Waals surface area contributed by atoms with Crippen LogP contribution in [0.25, 0.3) is 0 Å². The van der Waals surface area contributed by atoms with Gasteiger partial charge in [-0.05, 0) is 24.0 Å². The maximum atomic E-state index is 5.47. The molecule has 2 aliphatic rings. The molecule has 3 rings (SSSR count). The van der Waals surface area contributed by atoms with Crippen LogP contribution in [-0.4, -0.2) is 68.2 Å². The molecule has 0 bridgehead atoms. The average molecular weight is 458 g/mol. The average Bonchev–Trinajstić information content (AvgIpc) is 3.13. The molecule has 0 spiro atoms. The van der Waals surface area contributed by atoms with Gasteiger partial charge >= 0.3 is 0 Å². The molecular formula is C19H31IN4O. The Morgan fingerprint density at radius 1 is 1.20 bits per heavy atom. The van der Waals surface area contributed by atoms with Crippen molar-refractivity contribution in [3.05, 3.63) is 35.4 Å². The van der Waals surface area contributed by atoms with Crippen molar-refractivity contribution in [2.24, 2.45) is 4.99 Å². The Morgan fingerprint density at radius 2 is 1.92 bits per heavy atom. The maximum Gasteiger partial charge on any atom is 0.193 e. The second kappa shape index (κ2) is 10.3. The summed E-state index contributed by atoms with van der Waals surface area (Å²) in [6, 6.07) is 9.28. The summed E-state index contributed by atoms with van der Waals surface area (Å²) in [7, 11) is 1.89. The quantitative estimate of drug-likeness (QED) is 0.428. The van der Waals surface area contributed by atoms with Gasteiger partial charge in [0.05, 0.1) is 13.2 Å². The van der Waals surface area contributed by atoms with Gasteiger partial charge in [0.15, 0.2) is 5.96 Å². The van der Waals surface area contributed by atoms with Gasteiger partial charge in [0.25, 0.3) is 0 Å². The normalized spacial score (nSPS) is 21.9. The molecule has 0 radical (unpaired) electrons. The van der Waals surface area contributed by atoms with E-state index in [0.717, 1.165) is 58.3 Å². The zero-order chi connectivity index (χ0) is 16.8. The molecule has 2 aliphatic heterocycles. The van der Waals surface area contributed by atoms with Crippen LogP contribution in [0.3, 0.4) is 0 Å². The summed E-state index contributed by atoms with van der Waals surface area (Å²) in [5, 5.41) is 3.56. The molecule has 1 aromatic carbocycles. The second-order valence-corrected chi connectivity index (χ2v) is 6.56. The van der Waals surface area contributed by atoms with Crippen LogP contribution in [0.4, 0.5) is 0 Å². The first-order chi connectivity index (χ1) is 11.8. The van der Waals surface area contributed by atoms with E-state index in [4.69, 9.17) is 4.74 Å². The van der Waals surface area contributed by atoms with Gasteiger partial charge in [-0.1, -0.05) is 31.2 Å². The molecule has 2 fully saturated rings. The molecule has 1 aromatic rings. The molecule has 0 aromatic heterocycles. The van der Waals surface area contributed by atoms with Crippen LogP contribution < -0.4 is 5.32 Å². The molecule has 1 N–H and O–H groups in total. The molecule has 140 valence electrons. The summed E-state index contributed by atoms with van der Waals surface area (Å²) in [4.78, 5) is 9.48. The summed E-state index contributed by atoms with van der Waals surface area (Å²) in [5.74, 6) is 1.02. The largest absolute Gasteiger partial charge is 0.379 e. The third-order valence-corrected chi connectivity index (χ3v) is 5.17. The lowest BCUT2D eigenvalue weighted by molar-refractivity contribution is 0.0195. The maximum absolute atomic E-state index is 5.47. The number of hydrogen-bond donors (Lipinski definition) is 1. The van der Waals surface area contributed by atoms with Crippen LogP contribution in [-0.2, 0) is 17.7 Å². The number of rotatable bonds is 4. The Balaban J connectivity index is 0.00000225. The van der Waals surface area contributed by atoms with E-state index < -0.39 is 0 Å². The fourth-order valence-corrected chi connectivity index (χ4v) is 3.76. The number of ether oxygens (including phenoxy) is 1. The molecule has 0 amide bonds. The Morgan fingerprint density at radius 3 is 2.60 bits per heavy atom. The molecule has 1 unspecified atom stereocenters. The van der Waals surface area contributed by atoms with E-state index in [1.165, 1.54) is 17.5 Å². The van der Waals surface area contributed by atoms with E-state index in [1.807, 2.05) is 7.05 Å². The summed E-state index contributed by atoms with van der Waals surface area (Å²) in [5.41, 5.74) is 2.78. The molecule has 2 saturated heterocycles.